The second-order valence-corrected chi connectivity index (χ2v) is 3.94. The maximum absolute atomic E-state index is 10.7. The minimum absolute atomic E-state index is 0. The van der Waals surface area contributed by atoms with E-state index >= 15 is 0 Å². The van der Waals surface area contributed by atoms with E-state index in [4.69, 9.17) is 5.11 Å². The summed E-state index contributed by atoms with van der Waals surface area (Å²) in [6.45, 7) is 0. The fourth-order valence-corrected chi connectivity index (χ4v) is 2.51. The van der Waals surface area contributed by atoms with Gasteiger partial charge in [-0.05, 0) is 25.2 Å². The molecule has 13 heavy (non-hydrogen) atoms. The SMILES string of the molecule is Cl.O=C(O)[C@H]1C[C@@H]2CCCC[C@H]2N1. The van der Waals surface area contributed by atoms with E-state index in [2.05, 4.69) is 5.32 Å². The number of carboxylic acids is 1. The van der Waals surface area contributed by atoms with Gasteiger partial charge in [0.05, 0.1) is 0 Å². The molecule has 2 fully saturated rings. The van der Waals surface area contributed by atoms with Crippen molar-refractivity contribution in [2.24, 2.45) is 5.92 Å². The number of carboxylic acid groups (broad SMARTS) is 1. The van der Waals surface area contributed by atoms with Crippen LogP contribution in [0.3, 0.4) is 0 Å². The Morgan fingerprint density at radius 1 is 1.31 bits per heavy atom. The van der Waals surface area contributed by atoms with Gasteiger partial charge in [-0.2, -0.15) is 0 Å². The van der Waals surface area contributed by atoms with Gasteiger partial charge in [-0.3, -0.25) is 4.79 Å². The van der Waals surface area contributed by atoms with Crippen LogP contribution < -0.4 is 5.32 Å². The van der Waals surface area contributed by atoms with Gasteiger partial charge in [0.2, 0.25) is 0 Å². The van der Waals surface area contributed by atoms with Gasteiger partial charge in [-0.1, -0.05) is 12.8 Å². The molecule has 3 nitrogen and oxygen atoms in total. The van der Waals surface area contributed by atoms with Crippen LogP contribution in [0.15, 0.2) is 0 Å². The van der Waals surface area contributed by atoms with Crippen LogP contribution in [0.1, 0.15) is 32.1 Å². The van der Waals surface area contributed by atoms with E-state index in [0.717, 1.165) is 6.42 Å². The Hall–Kier alpha value is -0.280. The van der Waals surface area contributed by atoms with E-state index in [1.807, 2.05) is 0 Å². The first-order valence-corrected chi connectivity index (χ1v) is 4.76. The van der Waals surface area contributed by atoms with E-state index in [-0.39, 0.29) is 18.4 Å². The zero-order valence-corrected chi connectivity index (χ0v) is 8.35. The largest absolute Gasteiger partial charge is 0.480 e. The third-order valence-corrected chi connectivity index (χ3v) is 3.16. The molecule has 76 valence electrons. The third kappa shape index (κ3) is 2.15. The van der Waals surface area contributed by atoms with Crippen molar-refractivity contribution in [2.45, 2.75) is 44.2 Å². The van der Waals surface area contributed by atoms with Crippen molar-refractivity contribution < 1.29 is 9.90 Å². The average molecular weight is 206 g/mol. The smallest absolute Gasteiger partial charge is 0.320 e. The summed E-state index contributed by atoms with van der Waals surface area (Å²) in [5, 5.41) is 12.0. The van der Waals surface area contributed by atoms with E-state index in [1.54, 1.807) is 0 Å². The van der Waals surface area contributed by atoms with Crippen LogP contribution in [0, 0.1) is 5.92 Å². The van der Waals surface area contributed by atoms with Crippen molar-refractivity contribution in [1.29, 1.82) is 0 Å². The molecule has 2 N–H and O–H groups in total. The number of rotatable bonds is 1. The summed E-state index contributed by atoms with van der Waals surface area (Å²) in [7, 11) is 0. The highest BCUT2D eigenvalue weighted by atomic mass is 35.5. The third-order valence-electron chi connectivity index (χ3n) is 3.16. The lowest BCUT2D eigenvalue weighted by Crippen LogP contribution is -2.36. The minimum Gasteiger partial charge on any atom is -0.480 e. The summed E-state index contributed by atoms with van der Waals surface area (Å²) in [6.07, 6.45) is 5.80. The quantitative estimate of drug-likeness (QED) is 0.681. The molecule has 1 saturated carbocycles. The van der Waals surface area contributed by atoms with Crippen molar-refractivity contribution >= 4 is 18.4 Å². The molecule has 1 aliphatic heterocycles. The molecule has 0 radical (unpaired) electrons. The van der Waals surface area contributed by atoms with Crippen molar-refractivity contribution in [2.75, 3.05) is 0 Å². The Morgan fingerprint density at radius 2 is 2.00 bits per heavy atom. The second-order valence-electron chi connectivity index (χ2n) is 3.94. The van der Waals surface area contributed by atoms with Gasteiger partial charge in [-0.15, -0.1) is 12.4 Å². The van der Waals surface area contributed by atoms with Crippen LogP contribution in [-0.4, -0.2) is 23.2 Å². The van der Waals surface area contributed by atoms with E-state index in [1.165, 1.54) is 25.7 Å². The molecular formula is C9H16ClNO2. The number of nitrogens with one attached hydrogen (secondary N) is 1. The molecule has 0 aromatic carbocycles. The zero-order valence-electron chi connectivity index (χ0n) is 7.53. The molecule has 0 unspecified atom stereocenters. The van der Waals surface area contributed by atoms with Crippen molar-refractivity contribution in [3.8, 4) is 0 Å². The monoisotopic (exact) mass is 205 g/mol. The first kappa shape index (κ1) is 10.8. The Morgan fingerprint density at radius 3 is 2.62 bits per heavy atom. The maximum Gasteiger partial charge on any atom is 0.320 e. The van der Waals surface area contributed by atoms with E-state index in [0.29, 0.717) is 12.0 Å². The Labute approximate surface area is 84.3 Å². The zero-order chi connectivity index (χ0) is 8.55. The number of hydrogen-bond donors (Lipinski definition) is 2. The molecule has 1 saturated heterocycles. The number of halogens is 1. The van der Waals surface area contributed by atoms with Gasteiger partial charge in [0, 0.05) is 6.04 Å². The fourth-order valence-electron chi connectivity index (χ4n) is 2.51. The van der Waals surface area contributed by atoms with Gasteiger partial charge >= 0.3 is 5.97 Å². The van der Waals surface area contributed by atoms with Crippen LogP contribution in [-0.2, 0) is 4.79 Å². The Balaban J connectivity index is 0.000000845. The maximum atomic E-state index is 10.7. The topological polar surface area (TPSA) is 49.3 Å². The van der Waals surface area contributed by atoms with Gasteiger partial charge in [-0.25, -0.2) is 0 Å². The summed E-state index contributed by atoms with van der Waals surface area (Å²) in [5.41, 5.74) is 0. The lowest BCUT2D eigenvalue weighted by molar-refractivity contribution is -0.139. The van der Waals surface area contributed by atoms with Gasteiger partial charge in [0.25, 0.3) is 0 Å². The highest BCUT2D eigenvalue weighted by Crippen LogP contribution is 2.32. The molecule has 2 rings (SSSR count). The van der Waals surface area contributed by atoms with E-state index in [9.17, 15) is 4.79 Å². The summed E-state index contributed by atoms with van der Waals surface area (Å²) in [6, 6.07) is 0.234. The number of carbonyl (C=O) groups is 1. The summed E-state index contributed by atoms with van der Waals surface area (Å²) in [5.74, 6) is -0.0377. The lowest BCUT2D eigenvalue weighted by atomic mass is 9.85. The highest BCUT2D eigenvalue weighted by Gasteiger charge is 2.37. The Bertz CT molecular complexity index is 184. The summed E-state index contributed by atoms with van der Waals surface area (Å²) < 4.78 is 0. The molecule has 0 aromatic rings. The van der Waals surface area contributed by atoms with Crippen molar-refractivity contribution in [3.63, 3.8) is 0 Å². The average Bonchev–Trinajstić information content (AvgIpc) is 2.46. The number of fused-ring (bicyclic) bond motifs is 1. The van der Waals surface area contributed by atoms with Crippen molar-refractivity contribution in [1.82, 2.24) is 5.32 Å². The first-order valence-electron chi connectivity index (χ1n) is 4.76. The van der Waals surface area contributed by atoms with Crippen LogP contribution in [0.5, 0.6) is 0 Å². The highest BCUT2D eigenvalue weighted by molar-refractivity contribution is 5.85. The van der Waals surface area contributed by atoms with Gasteiger partial charge in [0.15, 0.2) is 0 Å². The number of aliphatic carboxylic acids is 1. The minimum atomic E-state index is -0.676. The predicted molar refractivity (Wildman–Crippen MR) is 52.2 cm³/mol. The van der Waals surface area contributed by atoms with Crippen LogP contribution in [0.25, 0.3) is 0 Å². The molecule has 0 aromatic heterocycles. The summed E-state index contributed by atoms with van der Waals surface area (Å²) >= 11 is 0. The van der Waals surface area contributed by atoms with Crippen molar-refractivity contribution in [3.05, 3.63) is 0 Å². The van der Waals surface area contributed by atoms with Gasteiger partial charge < -0.3 is 10.4 Å². The molecular weight excluding hydrogens is 190 g/mol. The normalized spacial score (nSPS) is 37.7. The molecule has 1 aliphatic carbocycles. The molecule has 1 heterocycles. The molecule has 0 bridgehead atoms. The van der Waals surface area contributed by atoms with Crippen LogP contribution >= 0.6 is 12.4 Å². The van der Waals surface area contributed by atoms with Gasteiger partial charge in [0.1, 0.15) is 6.04 Å². The predicted octanol–water partition coefficient (Wildman–Crippen LogP) is 1.41. The van der Waals surface area contributed by atoms with E-state index < -0.39 is 5.97 Å². The fraction of sp³-hybridized carbons (Fsp3) is 0.889. The Kier molecular flexibility index (Phi) is 3.56. The number of hydrogen-bond acceptors (Lipinski definition) is 2. The standard InChI is InChI=1S/C9H15NO2.ClH/c11-9(12)8-5-6-3-1-2-4-7(6)10-8;/h6-8,10H,1-5H2,(H,11,12);1H/t6-,7+,8+;/m0./s1. The molecule has 2 aliphatic rings. The van der Waals surface area contributed by atoms with Crippen LogP contribution in [0.4, 0.5) is 0 Å². The molecule has 0 amide bonds. The van der Waals surface area contributed by atoms with Crippen LogP contribution in [0.2, 0.25) is 0 Å². The lowest BCUT2D eigenvalue weighted by Gasteiger charge is -2.24. The first-order chi connectivity index (χ1) is 5.77. The summed E-state index contributed by atoms with van der Waals surface area (Å²) in [4.78, 5) is 10.7. The molecule has 3 atom stereocenters. The second kappa shape index (κ2) is 4.29. The molecule has 0 spiro atoms. The molecule has 4 heteroatoms.